The van der Waals surface area contributed by atoms with E-state index in [9.17, 15) is 5.11 Å². The van der Waals surface area contributed by atoms with E-state index in [2.05, 4.69) is 89.6 Å². The number of aromatic hydroxyl groups is 1. The Morgan fingerprint density at radius 2 is 1.69 bits per heavy atom. The molecule has 6 heteroatoms. The molecule has 0 aromatic heterocycles. The van der Waals surface area contributed by atoms with Crippen LogP contribution in [0.3, 0.4) is 0 Å². The molecule has 0 radical (unpaired) electrons. The Balaban J connectivity index is 0.00000132. The van der Waals surface area contributed by atoms with Crippen molar-refractivity contribution in [1.29, 1.82) is 0 Å². The molecule has 0 saturated heterocycles. The monoisotopic (exact) mass is 488 g/mol. The molecule has 0 aliphatic carbocycles. The molecule has 2 nitrogen and oxygen atoms in total. The van der Waals surface area contributed by atoms with Gasteiger partial charge in [-0.15, -0.1) is 0 Å². The van der Waals surface area contributed by atoms with E-state index in [4.69, 9.17) is 18.6 Å². The van der Waals surface area contributed by atoms with Crippen LogP contribution < -0.4 is 10.6 Å². The summed E-state index contributed by atoms with van der Waals surface area (Å²) >= 11 is -0.556. The number of benzene rings is 2. The van der Waals surface area contributed by atoms with Crippen LogP contribution in [-0.4, -0.2) is 29.0 Å². The second-order valence-corrected chi connectivity index (χ2v) is 11.9. The van der Waals surface area contributed by atoms with Gasteiger partial charge >= 0.3 is 35.6 Å². The SMILES string of the molecule is CC[N+](=Cc1cccc(C)c1Pc1cc(C)cc(C(C)(C)C)c1O)CC.[Cl][Ti][Cl]. The average molecular weight is 489 g/mol. The van der Waals surface area contributed by atoms with Crippen molar-refractivity contribution in [2.45, 2.75) is 53.9 Å². The molecule has 1 atom stereocenters. The molecule has 0 bridgehead atoms. The first kappa shape index (κ1) is 26.7. The van der Waals surface area contributed by atoms with Crippen molar-refractivity contribution >= 4 is 44.0 Å². The summed E-state index contributed by atoms with van der Waals surface area (Å²) in [5, 5.41) is 13.3. The predicted molar refractivity (Wildman–Crippen MR) is 129 cm³/mol. The number of phenols is 1. The van der Waals surface area contributed by atoms with Crippen molar-refractivity contribution in [3.8, 4) is 5.75 Å². The Morgan fingerprint density at radius 1 is 1.10 bits per heavy atom. The first-order chi connectivity index (χ1) is 13.6. The quantitative estimate of drug-likeness (QED) is 0.245. The van der Waals surface area contributed by atoms with Gasteiger partial charge in [0.25, 0.3) is 0 Å². The van der Waals surface area contributed by atoms with Crippen LogP contribution in [0.25, 0.3) is 0 Å². The third-order valence-corrected chi connectivity index (χ3v) is 6.34. The van der Waals surface area contributed by atoms with Crippen molar-refractivity contribution in [1.82, 2.24) is 0 Å². The molecule has 29 heavy (non-hydrogen) atoms. The fourth-order valence-electron chi connectivity index (χ4n) is 3.15. The zero-order valence-electron chi connectivity index (χ0n) is 18.5. The molecule has 2 rings (SSSR count). The average Bonchev–Trinajstić information content (AvgIpc) is 2.64. The van der Waals surface area contributed by atoms with Crippen LogP contribution in [0.15, 0.2) is 30.3 Å². The summed E-state index contributed by atoms with van der Waals surface area (Å²) in [7, 11) is 10.2. The van der Waals surface area contributed by atoms with E-state index in [1.807, 2.05) is 0 Å². The summed E-state index contributed by atoms with van der Waals surface area (Å²) in [6.07, 6.45) is 2.26. The number of hydrogen-bond acceptors (Lipinski definition) is 1. The Bertz CT molecular complexity index is 842. The van der Waals surface area contributed by atoms with Gasteiger partial charge in [0, 0.05) is 16.4 Å². The Labute approximate surface area is 195 Å². The predicted octanol–water partition coefficient (Wildman–Crippen LogP) is 5.78. The zero-order valence-corrected chi connectivity index (χ0v) is 22.6. The van der Waals surface area contributed by atoms with E-state index >= 15 is 0 Å². The van der Waals surface area contributed by atoms with Gasteiger partial charge in [-0.2, -0.15) is 0 Å². The van der Waals surface area contributed by atoms with Crippen LogP contribution in [0.4, 0.5) is 0 Å². The normalized spacial score (nSPS) is 11.2. The molecule has 0 fully saturated rings. The van der Waals surface area contributed by atoms with Gasteiger partial charge in [-0.3, -0.25) is 0 Å². The molecule has 0 heterocycles. The van der Waals surface area contributed by atoms with Crippen LogP contribution in [0, 0.1) is 13.8 Å². The number of halogens is 2. The van der Waals surface area contributed by atoms with Gasteiger partial charge in [0.2, 0.25) is 0 Å². The van der Waals surface area contributed by atoms with Gasteiger partial charge in [0.15, 0.2) is 6.21 Å². The molecule has 0 amide bonds. The third-order valence-electron chi connectivity index (χ3n) is 4.76. The number of nitrogens with zero attached hydrogens (tertiary/aromatic N) is 1. The van der Waals surface area contributed by atoms with E-state index in [0.717, 1.165) is 24.0 Å². The van der Waals surface area contributed by atoms with Gasteiger partial charge in [0.1, 0.15) is 18.8 Å². The summed E-state index contributed by atoms with van der Waals surface area (Å²) < 4.78 is 2.32. The van der Waals surface area contributed by atoms with Crippen LogP contribution in [0.1, 0.15) is 56.9 Å². The Hall–Kier alpha value is -0.366. The molecule has 1 unspecified atom stereocenters. The summed E-state index contributed by atoms with van der Waals surface area (Å²) in [6.45, 7) is 17.1. The van der Waals surface area contributed by atoms with Crippen LogP contribution in [-0.2, 0) is 22.4 Å². The molecule has 0 spiro atoms. The van der Waals surface area contributed by atoms with Crippen molar-refractivity contribution in [2.75, 3.05) is 13.1 Å². The van der Waals surface area contributed by atoms with Gasteiger partial charge in [-0.1, -0.05) is 47.6 Å². The summed E-state index contributed by atoms with van der Waals surface area (Å²) in [5.41, 5.74) is 4.70. The number of aryl methyl sites for hydroxylation is 2. The maximum atomic E-state index is 11.0. The summed E-state index contributed by atoms with van der Waals surface area (Å²) in [4.78, 5) is 0. The fraction of sp³-hybridized carbons (Fsp3) is 0.435. The van der Waals surface area contributed by atoms with Crippen LogP contribution >= 0.6 is 27.2 Å². The van der Waals surface area contributed by atoms with E-state index < -0.39 is 17.0 Å². The summed E-state index contributed by atoms with van der Waals surface area (Å²) in [6, 6.07) is 10.7. The standard InChI is InChI=1S/C23H32NOP.2ClH.Ti/c1-8-24(9-2)15-18-12-10-11-17(4)22(18)26-20-14-16(3)13-19(21(20)25)23(5,6)7;;;/h10-15,26H,8-9H2,1-7H3;2*1H;/q;;;+2/p-1. The van der Waals surface area contributed by atoms with Crippen molar-refractivity contribution in [3.63, 3.8) is 0 Å². The van der Waals surface area contributed by atoms with Gasteiger partial charge in [-0.05, 0) is 61.7 Å². The minimum absolute atomic E-state index is 0.0722. The molecular weight excluding hydrogens is 456 g/mol. The zero-order chi connectivity index (χ0) is 22.2. The molecule has 1 N–H and O–H groups in total. The minimum atomic E-state index is -0.556. The number of phenolic OH excluding ortho intramolecular Hbond substituents is 1. The third kappa shape index (κ3) is 8.00. The fourth-order valence-corrected chi connectivity index (χ4v) is 4.55. The Kier molecular flexibility index (Phi) is 11.5. The molecule has 2 aromatic carbocycles. The van der Waals surface area contributed by atoms with Crippen LogP contribution in [0.2, 0.25) is 0 Å². The van der Waals surface area contributed by atoms with Gasteiger partial charge in [0.05, 0.1) is 0 Å². The molecule has 0 aliphatic rings. The first-order valence-corrected chi connectivity index (χ1v) is 15.1. The summed E-state index contributed by atoms with van der Waals surface area (Å²) in [5.74, 6) is 0.457. The molecule has 0 aliphatic heterocycles. The number of rotatable bonds is 5. The maximum absolute atomic E-state index is 11.0. The molecular formula is C23H33Cl2NOPTi+. The van der Waals surface area contributed by atoms with E-state index in [0.29, 0.717) is 14.3 Å². The van der Waals surface area contributed by atoms with E-state index in [1.165, 1.54) is 22.0 Å². The van der Waals surface area contributed by atoms with Crippen LogP contribution in [0.5, 0.6) is 5.75 Å². The van der Waals surface area contributed by atoms with Crippen molar-refractivity contribution in [3.05, 3.63) is 52.6 Å². The van der Waals surface area contributed by atoms with Gasteiger partial charge < -0.3 is 5.11 Å². The van der Waals surface area contributed by atoms with Crippen molar-refractivity contribution < 1.29 is 26.7 Å². The molecule has 158 valence electrons. The molecule has 0 saturated carbocycles. The second kappa shape index (κ2) is 12.5. The molecule has 2 aromatic rings. The van der Waals surface area contributed by atoms with Gasteiger partial charge in [-0.25, -0.2) is 4.58 Å². The van der Waals surface area contributed by atoms with E-state index in [1.54, 1.807) is 0 Å². The van der Waals surface area contributed by atoms with E-state index in [-0.39, 0.29) is 5.41 Å². The number of hydrogen-bond donors (Lipinski definition) is 1. The Morgan fingerprint density at radius 3 is 2.21 bits per heavy atom. The topological polar surface area (TPSA) is 23.2 Å². The van der Waals surface area contributed by atoms with Crippen molar-refractivity contribution in [2.24, 2.45) is 0 Å². The first-order valence-electron chi connectivity index (χ1n) is 9.84. The second-order valence-electron chi connectivity index (χ2n) is 8.04.